The number of hydrogen-bond donors (Lipinski definition) is 0. The first-order valence-electron chi connectivity index (χ1n) is 9.01. The molecule has 148 valence electrons. The Morgan fingerprint density at radius 2 is 1.69 bits per heavy atom. The molecule has 8 heteroatoms. The SMILES string of the molecule is COC(=O)C1=NN(c2ccc(C)cc2)[C@@H]2C(=O)N(c3ccccc3OC)C(=O)[C@@H]12. The molecule has 1 saturated heterocycles. The summed E-state index contributed by atoms with van der Waals surface area (Å²) in [5, 5.41) is 5.71. The van der Waals surface area contributed by atoms with E-state index in [2.05, 4.69) is 5.10 Å². The second-order valence-corrected chi connectivity index (χ2v) is 6.76. The molecule has 29 heavy (non-hydrogen) atoms. The van der Waals surface area contributed by atoms with Gasteiger partial charge in [0.1, 0.15) is 17.7 Å². The van der Waals surface area contributed by atoms with Gasteiger partial charge in [-0.1, -0.05) is 29.8 Å². The molecule has 0 aliphatic carbocycles. The lowest BCUT2D eigenvalue weighted by Crippen LogP contribution is -2.39. The zero-order valence-electron chi connectivity index (χ0n) is 16.2. The van der Waals surface area contributed by atoms with Crippen molar-refractivity contribution in [2.45, 2.75) is 13.0 Å². The van der Waals surface area contributed by atoms with E-state index in [-0.39, 0.29) is 5.71 Å². The Morgan fingerprint density at radius 3 is 2.34 bits per heavy atom. The molecular weight excluding hydrogens is 374 g/mol. The standard InChI is InChI=1S/C21H19N3O5/c1-12-8-10-13(11-9-12)24-18-16(17(22-24)21(27)29-3)19(25)23(20(18)26)14-6-4-5-7-15(14)28-2/h4-11,16,18H,1-3H3/t16-,18-/m0/s1. The number of aryl methyl sites for hydroxylation is 1. The lowest BCUT2D eigenvalue weighted by atomic mass is 9.97. The highest BCUT2D eigenvalue weighted by Gasteiger charge is 2.59. The normalized spacial score (nSPS) is 20.6. The molecular formula is C21H19N3O5. The van der Waals surface area contributed by atoms with Crippen molar-refractivity contribution in [2.24, 2.45) is 11.0 Å². The van der Waals surface area contributed by atoms with Crippen molar-refractivity contribution in [3.8, 4) is 5.75 Å². The van der Waals surface area contributed by atoms with E-state index in [0.717, 1.165) is 10.5 Å². The van der Waals surface area contributed by atoms with Gasteiger partial charge >= 0.3 is 5.97 Å². The van der Waals surface area contributed by atoms with Crippen LogP contribution in [0.25, 0.3) is 0 Å². The molecule has 0 N–H and O–H groups in total. The van der Waals surface area contributed by atoms with Crippen molar-refractivity contribution in [3.63, 3.8) is 0 Å². The maximum Gasteiger partial charge on any atom is 0.355 e. The van der Waals surface area contributed by atoms with Crippen LogP contribution in [0.2, 0.25) is 0 Å². The number of amides is 2. The van der Waals surface area contributed by atoms with Crippen molar-refractivity contribution >= 4 is 34.9 Å². The summed E-state index contributed by atoms with van der Waals surface area (Å²) in [6.45, 7) is 1.94. The molecule has 2 heterocycles. The minimum atomic E-state index is -1.05. The molecule has 4 rings (SSSR count). The number of imide groups is 1. The molecule has 2 aromatic carbocycles. The molecule has 0 aromatic heterocycles. The molecule has 2 aromatic rings. The van der Waals surface area contributed by atoms with E-state index in [1.165, 1.54) is 19.2 Å². The second kappa shape index (κ2) is 7.05. The second-order valence-electron chi connectivity index (χ2n) is 6.76. The van der Waals surface area contributed by atoms with Gasteiger partial charge in [-0.05, 0) is 31.2 Å². The largest absolute Gasteiger partial charge is 0.495 e. The van der Waals surface area contributed by atoms with Crippen LogP contribution in [-0.4, -0.2) is 43.8 Å². The van der Waals surface area contributed by atoms with E-state index in [1.807, 2.05) is 19.1 Å². The number of anilines is 2. The van der Waals surface area contributed by atoms with E-state index in [0.29, 0.717) is 17.1 Å². The molecule has 0 unspecified atom stereocenters. The Hall–Kier alpha value is -3.68. The third-order valence-electron chi connectivity index (χ3n) is 5.07. The lowest BCUT2D eigenvalue weighted by Gasteiger charge is -2.23. The third kappa shape index (κ3) is 2.84. The van der Waals surface area contributed by atoms with E-state index in [1.54, 1.807) is 36.4 Å². The summed E-state index contributed by atoms with van der Waals surface area (Å²) >= 11 is 0. The quantitative estimate of drug-likeness (QED) is 0.582. The first kappa shape index (κ1) is 18.7. The number of esters is 1. The van der Waals surface area contributed by atoms with Crippen LogP contribution in [0.3, 0.4) is 0 Å². The topological polar surface area (TPSA) is 88.5 Å². The zero-order chi connectivity index (χ0) is 20.7. The number of hydrazone groups is 1. The number of methoxy groups -OCH3 is 2. The Bertz CT molecular complexity index is 1030. The highest BCUT2D eigenvalue weighted by Crippen LogP contribution is 2.40. The number of carbonyl (C=O) groups is 3. The van der Waals surface area contributed by atoms with Gasteiger partial charge in [0, 0.05) is 0 Å². The van der Waals surface area contributed by atoms with E-state index in [9.17, 15) is 14.4 Å². The summed E-state index contributed by atoms with van der Waals surface area (Å²) in [5.41, 5.74) is 1.87. The number of carbonyl (C=O) groups excluding carboxylic acids is 3. The number of benzene rings is 2. The van der Waals surface area contributed by atoms with Crippen LogP contribution in [0.5, 0.6) is 5.75 Å². The Morgan fingerprint density at radius 1 is 1.00 bits per heavy atom. The highest BCUT2D eigenvalue weighted by atomic mass is 16.5. The van der Waals surface area contributed by atoms with Crippen LogP contribution < -0.4 is 14.6 Å². The summed E-state index contributed by atoms with van der Waals surface area (Å²) in [5.74, 6) is -2.43. The van der Waals surface area contributed by atoms with Crippen molar-refractivity contribution in [1.82, 2.24) is 0 Å². The van der Waals surface area contributed by atoms with Crippen molar-refractivity contribution in [2.75, 3.05) is 24.1 Å². The highest BCUT2D eigenvalue weighted by molar-refractivity contribution is 6.47. The zero-order valence-corrected chi connectivity index (χ0v) is 16.2. The summed E-state index contributed by atoms with van der Waals surface area (Å²) in [7, 11) is 2.68. The van der Waals surface area contributed by atoms with Crippen LogP contribution in [0, 0.1) is 12.8 Å². The van der Waals surface area contributed by atoms with Gasteiger partial charge < -0.3 is 9.47 Å². The van der Waals surface area contributed by atoms with Crippen LogP contribution in [0.15, 0.2) is 53.6 Å². The predicted octanol–water partition coefficient (Wildman–Crippen LogP) is 1.91. The van der Waals surface area contributed by atoms with Crippen molar-refractivity contribution < 1.29 is 23.9 Å². The fraction of sp³-hybridized carbons (Fsp3) is 0.238. The first-order chi connectivity index (χ1) is 14.0. The number of hydrogen-bond acceptors (Lipinski definition) is 7. The molecule has 0 spiro atoms. The average Bonchev–Trinajstić information content (AvgIpc) is 3.25. The summed E-state index contributed by atoms with van der Waals surface area (Å²) in [6, 6.07) is 13.1. The fourth-order valence-corrected chi connectivity index (χ4v) is 3.65. The van der Waals surface area contributed by atoms with Crippen molar-refractivity contribution in [1.29, 1.82) is 0 Å². The molecule has 0 saturated carbocycles. The number of nitrogens with zero attached hydrogens (tertiary/aromatic N) is 3. The van der Waals surface area contributed by atoms with Gasteiger partial charge in [0.15, 0.2) is 5.71 Å². The average molecular weight is 393 g/mol. The van der Waals surface area contributed by atoms with E-state index in [4.69, 9.17) is 9.47 Å². The van der Waals surface area contributed by atoms with Gasteiger partial charge in [-0.25, -0.2) is 9.69 Å². The minimum Gasteiger partial charge on any atom is -0.495 e. The molecule has 0 bridgehead atoms. The summed E-state index contributed by atoms with van der Waals surface area (Å²) < 4.78 is 10.1. The van der Waals surface area contributed by atoms with Crippen LogP contribution >= 0.6 is 0 Å². The Balaban J connectivity index is 1.82. The van der Waals surface area contributed by atoms with Gasteiger partial charge in [0.25, 0.3) is 5.91 Å². The van der Waals surface area contributed by atoms with Gasteiger partial charge in [-0.3, -0.25) is 14.6 Å². The molecule has 2 amide bonds. The summed E-state index contributed by atoms with van der Waals surface area (Å²) in [4.78, 5) is 40.0. The Kier molecular flexibility index (Phi) is 4.54. The Labute approximate surface area is 167 Å². The van der Waals surface area contributed by atoms with Gasteiger partial charge in [0.2, 0.25) is 5.91 Å². The molecule has 1 fully saturated rings. The predicted molar refractivity (Wildman–Crippen MR) is 106 cm³/mol. The van der Waals surface area contributed by atoms with Crippen LogP contribution in [0.4, 0.5) is 11.4 Å². The van der Waals surface area contributed by atoms with E-state index < -0.39 is 29.7 Å². The minimum absolute atomic E-state index is 0.0891. The number of para-hydroxylation sites is 2. The maximum atomic E-state index is 13.4. The van der Waals surface area contributed by atoms with Crippen LogP contribution in [0.1, 0.15) is 5.56 Å². The maximum absolute atomic E-state index is 13.4. The number of fused-ring (bicyclic) bond motifs is 1. The number of rotatable bonds is 4. The van der Waals surface area contributed by atoms with Crippen molar-refractivity contribution in [3.05, 3.63) is 54.1 Å². The molecule has 2 aliphatic rings. The fourth-order valence-electron chi connectivity index (χ4n) is 3.65. The third-order valence-corrected chi connectivity index (χ3v) is 5.07. The molecule has 8 nitrogen and oxygen atoms in total. The lowest BCUT2D eigenvalue weighted by molar-refractivity contribution is -0.133. The van der Waals surface area contributed by atoms with Crippen LogP contribution in [-0.2, 0) is 19.1 Å². The summed E-state index contributed by atoms with van der Waals surface area (Å²) in [6.07, 6.45) is 0. The van der Waals surface area contributed by atoms with Gasteiger partial charge in [-0.15, -0.1) is 0 Å². The monoisotopic (exact) mass is 393 g/mol. The first-order valence-corrected chi connectivity index (χ1v) is 9.01. The van der Waals surface area contributed by atoms with Gasteiger partial charge in [-0.2, -0.15) is 5.10 Å². The molecule has 2 aliphatic heterocycles. The number of ether oxygens (including phenoxy) is 2. The molecule has 2 atom stereocenters. The van der Waals surface area contributed by atoms with Gasteiger partial charge in [0.05, 0.1) is 25.6 Å². The smallest absolute Gasteiger partial charge is 0.355 e. The molecule has 0 radical (unpaired) electrons. The van der Waals surface area contributed by atoms with E-state index >= 15 is 0 Å².